The molecule has 0 bridgehead atoms. The van der Waals surface area contributed by atoms with Crippen LogP contribution in [0.3, 0.4) is 0 Å². The van der Waals surface area contributed by atoms with Gasteiger partial charge in [-0.1, -0.05) is 43.8 Å². The van der Waals surface area contributed by atoms with Crippen molar-refractivity contribution in [3.05, 3.63) is 42.2 Å². The predicted molar refractivity (Wildman–Crippen MR) is 85.0 cm³/mol. The molecular formula is C16H20N2O2S. The maximum Gasteiger partial charge on any atom is 0.318 e. The van der Waals surface area contributed by atoms with Crippen LogP contribution >= 0.6 is 11.8 Å². The first-order chi connectivity index (χ1) is 10.0. The van der Waals surface area contributed by atoms with E-state index in [1.807, 2.05) is 29.8 Å². The number of nitrogens with zero attached hydrogens (tertiary/aromatic N) is 2. The smallest absolute Gasteiger partial charge is 0.318 e. The van der Waals surface area contributed by atoms with E-state index in [0.29, 0.717) is 5.92 Å². The Morgan fingerprint density at radius 1 is 1.29 bits per heavy atom. The van der Waals surface area contributed by atoms with Gasteiger partial charge in [0, 0.05) is 12.4 Å². The molecule has 0 saturated carbocycles. The second-order valence-corrected chi connectivity index (χ2v) is 6.38. The molecule has 0 saturated heterocycles. The molecule has 0 aliphatic carbocycles. The molecule has 0 fully saturated rings. The summed E-state index contributed by atoms with van der Waals surface area (Å²) in [5, 5.41) is 0.503. The SMILES string of the molecule is COC(=O)C(C)Sc1nccn1-c1ccccc1C(C)C. The van der Waals surface area contributed by atoms with Crippen molar-refractivity contribution in [3.8, 4) is 5.69 Å². The van der Waals surface area contributed by atoms with Crippen LogP contribution in [0.15, 0.2) is 41.8 Å². The van der Waals surface area contributed by atoms with Crippen LogP contribution in [0.5, 0.6) is 0 Å². The van der Waals surface area contributed by atoms with Crippen molar-refractivity contribution in [1.82, 2.24) is 9.55 Å². The molecular weight excluding hydrogens is 284 g/mol. The fraction of sp³-hybridized carbons (Fsp3) is 0.375. The topological polar surface area (TPSA) is 44.1 Å². The van der Waals surface area contributed by atoms with Gasteiger partial charge in [0.2, 0.25) is 0 Å². The van der Waals surface area contributed by atoms with Crippen LogP contribution in [0.1, 0.15) is 32.3 Å². The maximum atomic E-state index is 11.6. The minimum atomic E-state index is -0.289. The van der Waals surface area contributed by atoms with Crippen LogP contribution in [-0.4, -0.2) is 27.9 Å². The summed E-state index contributed by atoms with van der Waals surface area (Å²) in [4.78, 5) is 15.9. The third kappa shape index (κ3) is 3.47. The summed E-state index contributed by atoms with van der Waals surface area (Å²) >= 11 is 1.40. The number of rotatable bonds is 5. The highest BCUT2D eigenvalue weighted by Gasteiger charge is 2.19. The fourth-order valence-electron chi connectivity index (χ4n) is 2.13. The number of benzene rings is 1. The molecule has 112 valence electrons. The number of ether oxygens (including phenoxy) is 1. The summed E-state index contributed by atoms with van der Waals surface area (Å²) in [6.45, 7) is 6.16. The second kappa shape index (κ2) is 6.80. The molecule has 0 spiro atoms. The van der Waals surface area contributed by atoms with Gasteiger partial charge in [-0.2, -0.15) is 0 Å². The van der Waals surface area contributed by atoms with E-state index in [1.165, 1.54) is 24.4 Å². The zero-order valence-electron chi connectivity index (χ0n) is 12.7. The molecule has 5 heteroatoms. The molecule has 0 aliphatic heterocycles. The molecule has 1 unspecified atom stereocenters. The second-order valence-electron chi connectivity index (χ2n) is 5.08. The van der Waals surface area contributed by atoms with Crippen molar-refractivity contribution in [3.63, 3.8) is 0 Å². The number of methoxy groups -OCH3 is 1. The largest absolute Gasteiger partial charge is 0.468 e. The fourth-order valence-corrected chi connectivity index (χ4v) is 3.03. The summed E-state index contributed by atoms with van der Waals surface area (Å²) in [5.74, 6) is 0.172. The van der Waals surface area contributed by atoms with Crippen molar-refractivity contribution in [2.45, 2.75) is 37.1 Å². The highest BCUT2D eigenvalue weighted by atomic mass is 32.2. The highest BCUT2D eigenvalue weighted by molar-refractivity contribution is 8.00. The first-order valence-electron chi connectivity index (χ1n) is 6.91. The van der Waals surface area contributed by atoms with E-state index >= 15 is 0 Å². The number of hydrogen-bond donors (Lipinski definition) is 0. The molecule has 4 nitrogen and oxygen atoms in total. The molecule has 1 aromatic heterocycles. The van der Waals surface area contributed by atoms with Crippen LogP contribution in [-0.2, 0) is 9.53 Å². The number of imidazole rings is 1. The quantitative estimate of drug-likeness (QED) is 0.625. The zero-order chi connectivity index (χ0) is 15.4. The predicted octanol–water partition coefficient (Wildman–Crippen LogP) is 3.65. The highest BCUT2D eigenvalue weighted by Crippen LogP contribution is 2.29. The summed E-state index contributed by atoms with van der Waals surface area (Å²) < 4.78 is 6.80. The number of hydrogen-bond acceptors (Lipinski definition) is 4. The molecule has 2 rings (SSSR count). The Hall–Kier alpha value is -1.75. The normalized spacial score (nSPS) is 12.4. The molecule has 0 amide bonds. The standard InChI is InChI=1S/C16H20N2O2S/c1-11(2)13-7-5-6-8-14(13)18-10-9-17-16(18)21-12(3)15(19)20-4/h5-12H,1-4H3. The molecule has 1 atom stereocenters. The number of carbonyl (C=O) groups excluding carboxylic acids is 1. The Balaban J connectivity index is 2.35. The molecule has 1 aromatic carbocycles. The number of thioether (sulfide) groups is 1. The average Bonchev–Trinajstić information content (AvgIpc) is 2.94. The van der Waals surface area contributed by atoms with Gasteiger partial charge in [-0.15, -0.1) is 0 Å². The minimum absolute atomic E-state index is 0.244. The zero-order valence-corrected chi connectivity index (χ0v) is 13.6. The van der Waals surface area contributed by atoms with E-state index in [-0.39, 0.29) is 11.2 Å². The number of para-hydroxylation sites is 1. The van der Waals surface area contributed by atoms with Crippen molar-refractivity contribution < 1.29 is 9.53 Å². The first kappa shape index (κ1) is 15.6. The lowest BCUT2D eigenvalue weighted by molar-refractivity contribution is -0.139. The van der Waals surface area contributed by atoms with Crippen molar-refractivity contribution >= 4 is 17.7 Å². The Bertz CT molecular complexity index is 622. The van der Waals surface area contributed by atoms with Crippen LogP contribution < -0.4 is 0 Å². The third-order valence-electron chi connectivity index (χ3n) is 3.24. The minimum Gasteiger partial charge on any atom is -0.468 e. The van der Waals surface area contributed by atoms with Gasteiger partial charge in [-0.05, 0) is 24.5 Å². The van der Waals surface area contributed by atoms with Crippen LogP contribution in [0, 0.1) is 0 Å². The van der Waals surface area contributed by atoms with Crippen molar-refractivity contribution in [2.24, 2.45) is 0 Å². The Kier molecular flexibility index (Phi) is 5.07. The molecule has 1 heterocycles. The van der Waals surface area contributed by atoms with Gasteiger partial charge in [-0.25, -0.2) is 4.98 Å². The monoisotopic (exact) mass is 304 g/mol. The molecule has 0 N–H and O–H groups in total. The lowest BCUT2D eigenvalue weighted by Crippen LogP contribution is -2.15. The van der Waals surface area contributed by atoms with Crippen molar-refractivity contribution in [1.29, 1.82) is 0 Å². The van der Waals surface area contributed by atoms with Gasteiger partial charge in [-0.3, -0.25) is 9.36 Å². The van der Waals surface area contributed by atoms with E-state index in [4.69, 9.17) is 4.74 Å². The number of esters is 1. The lowest BCUT2D eigenvalue weighted by Gasteiger charge is -2.16. The molecule has 0 radical (unpaired) electrons. The maximum absolute atomic E-state index is 11.6. The molecule has 2 aromatic rings. The van der Waals surface area contributed by atoms with Gasteiger partial charge in [0.15, 0.2) is 5.16 Å². The van der Waals surface area contributed by atoms with Gasteiger partial charge in [0.05, 0.1) is 12.8 Å². The number of carbonyl (C=O) groups is 1. The Labute approximate surface area is 129 Å². The van der Waals surface area contributed by atoms with Gasteiger partial charge >= 0.3 is 5.97 Å². The van der Waals surface area contributed by atoms with Gasteiger partial charge in [0.1, 0.15) is 5.25 Å². The van der Waals surface area contributed by atoms with Crippen molar-refractivity contribution in [2.75, 3.05) is 7.11 Å². The van der Waals surface area contributed by atoms with E-state index in [1.54, 1.807) is 6.20 Å². The first-order valence-corrected chi connectivity index (χ1v) is 7.79. The van der Waals surface area contributed by atoms with E-state index in [9.17, 15) is 4.79 Å². The summed E-state index contributed by atoms with van der Waals surface area (Å²) in [5.41, 5.74) is 2.35. The summed E-state index contributed by atoms with van der Waals surface area (Å²) in [6.07, 6.45) is 3.68. The summed E-state index contributed by atoms with van der Waals surface area (Å²) in [7, 11) is 1.40. The van der Waals surface area contributed by atoms with Gasteiger partial charge in [0.25, 0.3) is 0 Å². The molecule has 21 heavy (non-hydrogen) atoms. The summed E-state index contributed by atoms with van der Waals surface area (Å²) in [6, 6.07) is 8.25. The molecule has 0 aliphatic rings. The Morgan fingerprint density at radius 3 is 2.67 bits per heavy atom. The van der Waals surface area contributed by atoms with Crippen LogP contribution in [0.25, 0.3) is 5.69 Å². The van der Waals surface area contributed by atoms with E-state index in [0.717, 1.165) is 10.8 Å². The number of aromatic nitrogens is 2. The van der Waals surface area contributed by atoms with Crippen LogP contribution in [0.4, 0.5) is 0 Å². The lowest BCUT2D eigenvalue weighted by atomic mass is 10.0. The van der Waals surface area contributed by atoms with Gasteiger partial charge < -0.3 is 4.74 Å². The van der Waals surface area contributed by atoms with E-state index < -0.39 is 0 Å². The average molecular weight is 304 g/mol. The van der Waals surface area contributed by atoms with E-state index in [2.05, 4.69) is 31.0 Å². The van der Waals surface area contributed by atoms with Crippen LogP contribution in [0.2, 0.25) is 0 Å². The Morgan fingerprint density at radius 2 is 2.00 bits per heavy atom. The third-order valence-corrected chi connectivity index (χ3v) is 4.30.